The van der Waals surface area contributed by atoms with Crippen molar-refractivity contribution in [3.05, 3.63) is 34.9 Å². The predicted octanol–water partition coefficient (Wildman–Crippen LogP) is 1.28. The third kappa shape index (κ3) is 5.49. The van der Waals surface area contributed by atoms with Crippen molar-refractivity contribution in [3.63, 3.8) is 0 Å². The highest BCUT2D eigenvalue weighted by atomic mass is 16.5. The van der Waals surface area contributed by atoms with Crippen molar-refractivity contribution in [2.24, 2.45) is 11.7 Å². The van der Waals surface area contributed by atoms with E-state index in [0.717, 1.165) is 38.0 Å². The first-order valence-electron chi connectivity index (χ1n) is 13.0. The topological polar surface area (TPSA) is 122 Å². The second kappa shape index (κ2) is 11.4. The zero-order chi connectivity index (χ0) is 26.0. The van der Waals surface area contributed by atoms with Gasteiger partial charge in [-0.05, 0) is 61.4 Å². The van der Waals surface area contributed by atoms with E-state index in [-0.39, 0.29) is 30.8 Å². The minimum Gasteiger partial charge on any atom is -0.388 e. The van der Waals surface area contributed by atoms with Crippen LogP contribution < -0.4 is 5.73 Å². The summed E-state index contributed by atoms with van der Waals surface area (Å²) in [5.41, 5.74) is 7.81. The Labute approximate surface area is 212 Å². The van der Waals surface area contributed by atoms with Gasteiger partial charge in [0.25, 0.3) is 0 Å². The number of piperidine rings is 1. The van der Waals surface area contributed by atoms with E-state index in [1.165, 1.54) is 4.90 Å². The maximum Gasteiger partial charge on any atom is 0.249 e. The van der Waals surface area contributed by atoms with Gasteiger partial charge in [0.05, 0.1) is 19.1 Å². The van der Waals surface area contributed by atoms with Crippen LogP contribution in [-0.4, -0.2) is 97.3 Å². The molecule has 3 saturated heterocycles. The van der Waals surface area contributed by atoms with Gasteiger partial charge >= 0.3 is 0 Å². The Morgan fingerprint density at radius 3 is 2.61 bits per heavy atom. The fourth-order valence-corrected chi connectivity index (χ4v) is 5.95. The second-order valence-electron chi connectivity index (χ2n) is 10.7. The number of carbonyl (C=O) groups excluding carboxylic acids is 3. The highest BCUT2D eigenvalue weighted by Gasteiger charge is 2.52. The molecule has 3 aliphatic heterocycles. The van der Waals surface area contributed by atoms with Gasteiger partial charge in [0.2, 0.25) is 11.8 Å². The Morgan fingerprint density at radius 1 is 1.25 bits per heavy atom. The van der Waals surface area contributed by atoms with Gasteiger partial charge in [-0.25, -0.2) is 0 Å². The van der Waals surface area contributed by atoms with E-state index in [2.05, 4.69) is 4.90 Å². The van der Waals surface area contributed by atoms with Crippen LogP contribution in [0.2, 0.25) is 0 Å². The quantitative estimate of drug-likeness (QED) is 0.523. The van der Waals surface area contributed by atoms with Crippen LogP contribution in [0.25, 0.3) is 0 Å². The average molecular weight is 502 g/mol. The largest absolute Gasteiger partial charge is 0.388 e. The number of primary amides is 1. The minimum absolute atomic E-state index is 0.0417. The normalized spacial score (nSPS) is 26.0. The summed E-state index contributed by atoms with van der Waals surface area (Å²) in [7, 11) is 1.71. The van der Waals surface area contributed by atoms with Crippen molar-refractivity contribution in [1.82, 2.24) is 9.80 Å². The van der Waals surface area contributed by atoms with Crippen LogP contribution in [0, 0.1) is 5.92 Å². The smallest absolute Gasteiger partial charge is 0.249 e. The molecule has 0 saturated carbocycles. The molecule has 1 aromatic rings. The van der Waals surface area contributed by atoms with Gasteiger partial charge in [-0.15, -0.1) is 0 Å². The summed E-state index contributed by atoms with van der Waals surface area (Å²) in [6, 6.07) is 4.91. The van der Waals surface area contributed by atoms with E-state index in [4.69, 9.17) is 15.2 Å². The first-order chi connectivity index (χ1) is 17.2. The van der Waals surface area contributed by atoms with E-state index in [1.54, 1.807) is 13.2 Å². The number of hydrogen-bond donors (Lipinski definition) is 2. The Morgan fingerprint density at radius 2 is 1.97 bits per heavy atom. The third-order valence-electron chi connectivity index (χ3n) is 7.83. The SMILES string of the molecule is COCCN1CCC(c2ccc(C(N)=O)c([C@H](CC(C)C)C(=O)N3C[C@@H](O)[C@H]4OCC(=O)[C@H]43)c2)CC1. The highest BCUT2D eigenvalue weighted by Crippen LogP contribution is 2.37. The number of β-amino-alcohol motifs (C(OH)–C–C–N with tert-alkyl or cyclic N) is 1. The molecule has 9 nitrogen and oxygen atoms in total. The standard InChI is InChI=1S/C27H39N3O6/c1-16(2)12-21(27(34)30-14-22(31)25-24(30)23(32)15-36-25)20-13-18(4-5-19(20)26(28)33)17-6-8-29(9-7-17)10-11-35-3/h4-5,13,16-17,21-22,24-25,31H,6-12,14-15H2,1-3H3,(H2,28,33)/t21-,22+,24+,25+/m0/s1. The molecule has 36 heavy (non-hydrogen) atoms. The maximum atomic E-state index is 14.0. The lowest BCUT2D eigenvalue weighted by atomic mass is 9.81. The molecule has 0 aromatic heterocycles. The molecule has 2 amide bonds. The number of fused-ring (bicyclic) bond motifs is 1. The minimum atomic E-state index is -0.907. The van der Waals surface area contributed by atoms with E-state index in [9.17, 15) is 19.5 Å². The van der Waals surface area contributed by atoms with Gasteiger partial charge in [-0.3, -0.25) is 14.4 Å². The molecule has 198 valence electrons. The first-order valence-corrected chi connectivity index (χ1v) is 13.0. The molecule has 3 heterocycles. The van der Waals surface area contributed by atoms with E-state index in [1.807, 2.05) is 26.0 Å². The number of methoxy groups -OCH3 is 1. The first kappa shape index (κ1) is 26.7. The van der Waals surface area contributed by atoms with Gasteiger partial charge < -0.3 is 30.1 Å². The summed E-state index contributed by atoms with van der Waals surface area (Å²) in [6.45, 7) is 7.53. The molecule has 0 unspecified atom stereocenters. The number of aliphatic hydroxyl groups excluding tert-OH is 1. The van der Waals surface area contributed by atoms with Crippen molar-refractivity contribution >= 4 is 17.6 Å². The summed E-state index contributed by atoms with van der Waals surface area (Å²) in [4.78, 5) is 42.8. The Hall–Kier alpha value is -2.33. The van der Waals surface area contributed by atoms with Gasteiger partial charge in [0.1, 0.15) is 24.9 Å². The Bertz CT molecular complexity index is 974. The van der Waals surface area contributed by atoms with Crippen LogP contribution in [-0.2, 0) is 19.1 Å². The van der Waals surface area contributed by atoms with Gasteiger partial charge in [-0.1, -0.05) is 26.0 Å². The number of carbonyl (C=O) groups is 3. The van der Waals surface area contributed by atoms with Gasteiger partial charge in [-0.2, -0.15) is 0 Å². The molecule has 9 heteroatoms. The zero-order valence-corrected chi connectivity index (χ0v) is 21.5. The molecular formula is C27H39N3O6. The third-order valence-corrected chi connectivity index (χ3v) is 7.83. The molecule has 1 aromatic carbocycles. The number of Topliss-reactive ketones (excluding diaryl/α,β-unsaturated/α-hetero) is 1. The number of rotatable bonds is 9. The molecule has 0 spiro atoms. The van der Waals surface area contributed by atoms with E-state index >= 15 is 0 Å². The van der Waals surface area contributed by atoms with Crippen molar-refractivity contribution in [1.29, 1.82) is 0 Å². The molecule has 0 aliphatic carbocycles. The number of ketones is 1. The molecule has 3 aliphatic rings. The van der Waals surface area contributed by atoms with Crippen LogP contribution in [0.15, 0.2) is 18.2 Å². The van der Waals surface area contributed by atoms with E-state index in [0.29, 0.717) is 30.1 Å². The lowest BCUT2D eigenvalue weighted by Crippen LogP contribution is -2.44. The van der Waals surface area contributed by atoms with Gasteiger partial charge in [0, 0.05) is 19.2 Å². The molecule has 3 N–H and O–H groups in total. The van der Waals surface area contributed by atoms with Crippen LogP contribution in [0.5, 0.6) is 0 Å². The van der Waals surface area contributed by atoms with Crippen molar-refractivity contribution in [2.45, 2.75) is 63.2 Å². The average Bonchev–Trinajstić information content (AvgIpc) is 3.40. The fourth-order valence-electron chi connectivity index (χ4n) is 5.95. The predicted molar refractivity (Wildman–Crippen MR) is 134 cm³/mol. The summed E-state index contributed by atoms with van der Waals surface area (Å²) in [5, 5.41) is 10.4. The van der Waals surface area contributed by atoms with Crippen LogP contribution >= 0.6 is 0 Å². The summed E-state index contributed by atoms with van der Waals surface area (Å²) in [5.74, 6) is -1.20. The van der Waals surface area contributed by atoms with E-state index < -0.39 is 30.1 Å². The molecule has 0 bridgehead atoms. The lowest BCUT2D eigenvalue weighted by molar-refractivity contribution is -0.138. The number of aliphatic hydroxyl groups is 1. The van der Waals surface area contributed by atoms with Crippen molar-refractivity contribution in [3.8, 4) is 0 Å². The molecule has 4 rings (SSSR count). The number of hydrogen-bond acceptors (Lipinski definition) is 7. The number of amides is 2. The molecule has 0 radical (unpaired) electrons. The lowest BCUT2D eigenvalue weighted by Gasteiger charge is -2.33. The second-order valence-corrected chi connectivity index (χ2v) is 10.7. The van der Waals surface area contributed by atoms with Gasteiger partial charge in [0.15, 0.2) is 5.78 Å². The zero-order valence-electron chi connectivity index (χ0n) is 21.5. The van der Waals surface area contributed by atoms with Crippen molar-refractivity contribution < 1.29 is 29.0 Å². The van der Waals surface area contributed by atoms with Crippen LogP contribution in [0.1, 0.15) is 66.4 Å². The number of likely N-dealkylation sites (tertiary alicyclic amines) is 2. The van der Waals surface area contributed by atoms with Crippen LogP contribution in [0.3, 0.4) is 0 Å². The Kier molecular flexibility index (Phi) is 8.44. The molecule has 3 fully saturated rings. The number of benzene rings is 1. The van der Waals surface area contributed by atoms with Crippen LogP contribution in [0.4, 0.5) is 0 Å². The Balaban J connectivity index is 1.63. The maximum absolute atomic E-state index is 14.0. The summed E-state index contributed by atoms with van der Waals surface area (Å²) in [6.07, 6.45) is 0.865. The fraction of sp³-hybridized carbons (Fsp3) is 0.667. The number of nitrogens with two attached hydrogens (primary N) is 1. The number of ether oxygens (including phenoxy) is 2. The molecular weight excluding hydrogens is 462 g/mol. The molecule has 4 atom stereocenters. The number of nitrogens with zero attached hydrogens (tertiary/aromatic N) is 2. The summed E-state index contributed by atoms with van der Waals surface area (Å²) >= 11 is 0. The highest BCUT2D eigenvalue weighted by molar-refractivity contribution is 5.99. The van der Waals surface area contributed by atoms with Crippen molar-refractivity contribution in [2.75, 3.05) is 46.5 Å². The summed E-state index contributed by atoms with van der Waals surface area (Å²) < 4.78 is 10.7. The monoisotopic (exact) mass is 501 g/mol.